The fourth-order valence-corrected chi connectivity index (χ4v) is 3.30. The van der Waals surface area contributed by atoms with E-state index in [9.17, 15) is 9.18 Å². The molecule has 1 N–H and O–H groups in total. The van der Waals surface area contributed by atoms with Crippen LogP contribution >= 0.6 is 15.9 Å². The number of nitriles is 3. The number of allylic oxidation sites excluding steroid dienone is 2. The fourth-order valence-electron chi connectivity index (χ4n) is 2.61. The van der Waals surface area contributed by atoms with E-state index in [1.54, 1.807) is 29.2 Å². The highest BCUT2D eigenvalue weighted by molar-refractivity contribution is 9.10. The third-order valence-electron chi connectivity index (χ3n) is 3.91. The Kier molecular flexibility index (Phi) is 6.16. The van der Waals surface area contributed by atoms with Crippen LogP contribution < -0.4 is 10.2 Å². The van der Waals surface area contributed by atoms with Crippen LogP contribution in [0.2, 0.25) is 0 Å². The lowest BCUT2D eigenvalue weighted by atomic mass is 10.2. The Morgan fingerprint density at radius 1 is 1.15 bits per heavy atom. The zero-order valence-corrected chi connectivity index (χ0v) is 15.5. The van der Waals surface area contributed by atoms with E-state index < -0.39 is 5.82 Å². The van der Waals surface area contributed by atoms with E-state index in [-0.39, 0.29) is 22.9 Å². The highest BCUT2D eigenvalue weighted by Gasteiger charge is 2.23. The van der Waals surface area contributed by atoms with Crippen LogP contribution in [0.1, 0.15) is 6.92 Å². The Labute approximate surface area is 158 Å². The second-order valence-electron chi connectivity index (χ2n) is 5.49. The first-order valence-electron chi connectivity index (χ1n) is 7.62. The number of nitrogens with zero attached hydrogens (tertiary/aromatic N) is 5. The molecule has 0 saturated carbocycles. The quantitative estimate of drug-likeness (QED) is 0.758. The van der Waals surface area contributed by atoms with E-state index in [1.807, 2.05) is 4.90 Å². The van der Waals surface area contributed by atoms with E-state index in [1.165, 1.54) is 13.0 Å². The highest BCUT2D eigenvalue weighted by atomic mass is 79.9. The SMILES string of the molecule is CC(=O)N1CCN(c2c(F)cc(NC(C#N)=C(C#N)C#N)cc2Br)CC1. The number of hydrogen-bond donors (Lipinski definition) is 1. The van der Waals surface area contributed by atoms with Crippen LogP contribution in [0.4, 0.5) is 15.8 Å². The lowest BCUT2D eigenvalue weighted by Gasteiger charge is -2.36. The molecule has 1 amide bonds. The number of piperazine rings is 1. The Morgan fingerprint density at radius 3 is 2.23 bits per heavy atom. The average Bonchev–Trinajstić information content (AvgIpc) is 2.61. The van der Waals surface area contributed by atoms with Gasteiger partial charge in [-0.05, 0) is 28.1 Å². The van der Waals surface area contributed by atoms with E-state index in [0.717, 1.165) is 0 Å². The second-order valence-corrected chi connectivity index (χ2v) is 6.35. The number of amides is 1. The van der Waals surface area contributed by atoms with Crippen LogP contribution in [0.5, 0.6) is 0 Å². The molecule has 0 bridgehead atoms. The van der Waals surface area contributed by atoms with Crippen molar-refractivity contribution in [1.82, 2.24) is 4.90 Å². The van der Waals surface area contributed by atoms with Crippen LogP contribution in [-0.2, 0) is 4.79 Å². The predicted molar refractivity (Wildman–Crippen MR) is 96.1 cm³/mol. The van der Waals surface area contributed by atoms with Crippen LogP contribution in [0.25, 0.3) is 0 Å². The molecular formula is C17H14BrFN6O. The van der Waals surface area contributed by atoms with E-state index in [0.29, 0.717) is 36.3 Å². The maximum absolute atomic E-state index is 14.6. The number of rotatable bonds is 3. The van der Waals surface area contributed by atoms with Gasteiger partial charge in [-0.25, -0.2) is 4.39 Å². The van der Waals surface area contributed by atoms with Gasteiger partial charge in [0.1, 0.15) is 29.7 Å². The molecule has 132 valence electrons. The molecule has 7 nitrogen and oxygen atoms in total. The molecule has 1 aliphatic rings. The molecule has 1 fully saturated rings. The average molecular weight is 417 g/mol. The summed E-state index contributed by atoms with van der Waals surface area (Å²) in [5.74, 6) is -0.531. The number of benzene rings is 1. The Hall–Kier alpha value is -3.09. The van der Waals surface area contributed by atoms with Gasteiger partial charge in [-0.15, -0.1) is 0 Å². The van der Waals surface area contributed by atoms with Gasteiger partial charge in [-0.1, -0.05) is 0 Å². The lowest BCUT2D eigenvalue weighted by molar-refractivity contribution is -0.129. The smallest absolute Gasteiger partial charge is 0.219 e. The van der Waals surface area contributed by atoms with Crippen LogP contribution in [-0.4, -0.2) is 37.0 Å². The maximum atomic E-state index is 14.6. The Balaban J connectivity index is 2.26. The standard InChI is InChI=1S/C17H14BrFN6O/c1-11(26)24-2-4-25(5-3-24)17-14(18)6-13(7-15(17)19)23-16(10-22)12(8-20)9-21/h6-7,23H,2-5H2,1H3. The summed E-state index contributed by atoms with van der Waals surface area (Å²) in [6, 6.07) is 7.72. The molecule has 9 heteroatoms. The van der Waals surface area contributed by atoms with Crippen molar-refractivity contribution in [3.63, 3.8) is 0 Å². The van der Waals surface area contributed by atoms with Crippen molar-refractivity contribution in [2.75, 3.05) is 36.4 Å². The number of carbonyl (C=O) groups excluding carboxylic acids is 1. The van der Waals surface area contributed by atoms with Crippen molar-refractivity contribution in [3.05, 3.63) is 33.7 Å². The first-order chi connectivity index (χ1) is 12.4. The van der Waals surface area contributed by atoms with Gasteiger partial charge < -0.3 is 15.1 Å². The van der Waals surface area contributed by atoms with Crippen molar-refractivity contribution >= 4 is 33.2 Å². The second kappa shape index (κ2) is 8.33. The third kappa shape index (κ3) is 4.11. The first kappa shape index (κ1) is 19.2. The molecule has 0 aliphatic carbocycles. The zero-order chi connectivity index (χ0) is 19.3. The number of carbonyl (C=O) groups is 1. The third-order valence-corrected chi connectivity index (χ3v) is 4.52. The van der Waals surface area contributed by atoms with Gasteiger partial charge in [-0.3, -0.25) is 4.79 Å². The number of hydrogen-bond acceptors (Lipinski definition) is 6. The molecule has 0 spiro atoms. The number of anilines is 2. The minimum absolute atomic E-state index is 0.00894. The van der Waals surface area contributed by atoms with E-state index in [2.05, 4.69) is 21.2 Å². The monoisotopic (exact) mass is 416 g/mol. The summed E-state index contributed by atoms with van der Waals surface area (Å²) >= 11 is 3.33. The maximum Gasteiger partial charge on any atom is 0.219 e. The van der Waals surface area contributed by atoms with Crippen LogP contribution in [0.3, 0.4) is 0 Å². The van der Waals surface area contributed by atoms with Gasteiger partial charge in [0, 0.05) is 43.3 Å². The molecule has 1 saturated heterocycles. The lowest BCUT2D eigenvalue weighted by Crippen LogP contribution is -2.48. The number of nitrogens with one attached hydrogen (secondary N) is 1. The van der Waals surface area contributed by atoms with Crippen LogP contribution in [0.15, 0.2) is 27.9 Å². The van der Waals surface area contributed by atoms with Gasteiger partial charge in [0.05, 0.1) is 5.69 Å². The molecule has 0 aromatic heterocycles. The molecular weight excluding hydrogens is 403 g/mol. The zero-order valence-electron chi connectivity index (χ0n) is 13.9. The largest absolute Gasteiger partial charge is 0.365 e. The molecule has 2 rings (SSSR count). The fraction of sp³-hybridized carbons (Fsp3) is 0.294. The summed E-state index contributed by atoms with van der Waals surface area (Å²) in [7, 11) is 0. The highest BCUT2D eigenvalue weighted by Crippen LogP contribution is 2.33. The van der Waals surface area contributed by atoms with Gasteiger partial charge >= 0.3 is 0 Å². The van der Waals surface area contributed by atoms with Crippen molar-refractivity contribution in [1.29, 1.82) is 15.8 Å². The summed E-state index contributed by atoms with van der Waals surface area (Å²) in [4.78, 5) is 14.9. The van der Waals surface area contributed by atoms with E-state index >= 15 is 0 Å². The Morgan fingerprint density at radius 2 is 1.77 bits per heavy atom. The van der Waals surface area contributed by atoms with Crippen molar-refractivity contribution in [2.45, 2.75) is 6.92 Å². The predicted octanol–water partition coefficient (Wildman–Crippen LogP) is 2.49. The topological polar surface area (TPSA) is 107 Å². The molecule has 0 unspecified atom stereocenters. The van der Waals surface area contributed by atoms with Gasteiger partial charge in [0.15, 0.2) is 5.57 Å². The molecule has 1 aromatic carbocycles. The summed E-state index contributed by atoms with van der Waals surface area (Å²) in [5.41, 5.74) is -0.0281. The summed E-state index contributed by atoms with van der Waals surface area (Å²) in [6.45, 7) is 3.52. The van der Waals surface area contributed by atoms with Gasteiger partial charge in [-0.2, -0.15) is 15.8 Å². The van der Waals surface area contributed by atoms with Crippen molar-refractivity contribution in [3.8, 4) is 18.2 Å². The van der Waals surface area contributed by atoms with E-state index in [4.69, 9.17) is 15.8 Å². The molecule has 0 radical (unpaired) electrons. The summed E-state index contributed by atoms with van der Waals surface area (Å²) in [5, 5.41) is 29.4. The molecule has 1 aromatic rings. The van der Waals surface area contributed by atoms with Gasteiger partial charge in [0.2, 0.25) is 5.91 Å². The molecule has 1 aliphatic heterocycles. The first-order valence-corrected chi connectivity index (χ1v) is 8.41. The normalized spacial score (nSPS) is 13.2. The number of halogens is 2. The molecule has 0 atom stereocenters. The minimum Gasteiger partial charge on any atom is -0.365 e. The summed E-state index contributed by atoms with van der Waals surface area (Å²) in [6.07, 6.45) is 0. The summed E-state index contributed by atoms with van der Waals surface area (Å²) < 4.78 is 15.1. The molecule has 1 heterocycles. The van der Waals surface area contributed by atoms with Crippen LogP contribution in [0, 0.1) is 39.8 Å². The van der Waals surface area contributed by atoms with Crippen molar-refractivity contribution < 1.29 is 9.18 Å². The van der Waals surface area contributed by atoms with Gasteiger partial charge in [0.25, 0.3) is 0 Å². The minimum atomic E-state index is -0.522. The van der Waals surface area contributed by atoms with Crippen molar-refractivity contribution in [2.24, 2.45) is 0 Å². The Bertz CT molecular complexity index is 845. The molecule has 26 heavy (non-hydrogen) atoms.